The Morgan fingerprint density at radius 3 is 2.50 bits per heavy atom. The van der Waals surface area contributed by atoms with Gasteiger partial charge in [-0.2, -0.15) is 18.3 Å². The van der Waals surface area contributed by atoms with Crippen LogP contribution in [0.3, 0.4) is 0 Å². The minimum atomic E-state index is -4.86. The van der Waals surface area contributed by atoms with Crippen molar-refractivity contribution >= 4 is 5.71 Å². The van der Waals surface area contributed by atoms with Crippen LogP contribution in [0.1, 0.15) is 12.8 Å². The van der Waals surface area contributed by atoms with Gasteiger partial charge in [-0.1, -0.05) is 6.58 Å². The van der Waals surface area contributed by atoms with Gasteiger partial charge in [0.2, 0.25) is 0 Å². The van der Waals surface area contributed by atoms with Crippen molar-refractivity contribution in [1.29, 1.82) is 0 Å². The fraction of sp³-hybridized carbons (Fsp3) is 0.625. The van der Waals surface area contributed by atoms with Gasteiger partial charge in [0.25, 0.3) is 5.92 Å². The van der Waals surface area contributed by atoms with E-state index < -0.39 is 36.8 Å². The van der Waals surface area contributed by atoms with Crippen LogP contribution in [-0.2, 0) is 0 Å². The lowest BCUT2D eigenvalue weighted by molar-refractivity contribution is -0.111. The molecule has 0 aliphatic carbocycles. The Hall–Kier alpha value is -1.18. The molecule has 92 valence electrons. The Balaban J connectivity index is 2.99. The van der Waals surface area contributed by atoms with Gasteiger partial charge in [0.15, 0.2) is 0 Å². The van der Waals surface area contributed by atoms with Gasteiger partial charge in [0.05, 0.1) is 6.42 Å². The summed E-state index contributed by atoms with van der Waals surface area (Å²) in [6.45, 7) is 3.09. The number of aliphatic hydroxyl groups is 1. The summed E-state index contributed by atoms with van der Waals surface area (Å²) in [5.41, 5.74) is -0.0697. The number of hydrogen-bond acceptors (Lipinski definition) is 3. The van der Waals surface area contributed by atoms with E-state index in [1.54, 1.807) is 5.43 Å². The highest BCUT2D eigenvalue weighted by Gasteiger charge is 2.46. The van der Waals surface area contributed by atoms with Crippen molar-refractivity contribution in [2.24, 2.45) is 5.10 Å². The molecule has 0 aromatic carbocycles. The van der Waals surface area contributed by atoms with Crippen molar-refractivity contribution in [3.63, 3.8) is 0 Å². The summed E-state index contributed by atoms with van der Waals surface area (Å²) in [6, 6.07) is 0. The van der Waals surface area contributed by atoms with E-state index in [-0.39, 0.29) is 5.70 Å². The number of hydrazone groups is 1. The van der Waals surface area contributed by atoms with Crippen LogP contribution in [0.2, 0.25) is 0 Å². The SMILES string of the molecule is C=C1CC(F)(F)C(O)C/C(C(F)(F)F)=N\N1. The first-order valence-corrected chi connectivity index (χ1v) is 4.26. The van der Waals surface area contributed by atoms with E-state index >= 15 is 0 Å². The lowest BCUT2D eigenvalue weighted by Gasteiger charge is -2.26. The molecule has 3 nitrogen and oxygen atoms in total. The smallest absolute Gasteiger partial charge is 0.386 e. The molecule has 0 aromatic rings. The van der Waals surface area contributed by atoms with Gasteiger partial charge in [-0.05, 0) is 0 Å². The molecule has 16 heavy (non-hydrogen) atoms. The molecule has 0 saturated carbocycles. The van der Waals surface area contributed by atoms with E-state index in [1.807, 2.05) is 0 Å². The van der Waals surface area contributed by atoms with Gasteiger partial charge in [-0.3, -0.25) is 5.43 Å². The Labute approximate surface area is 87.6 Å². The van der Waals surface area contributed by atoms with E-state index in [2.05, 4.69) is 11.7 Å². The van der Waals surface area contributed by atoms with Crippen LogP contribution in [-0.4, -0.2) is 29.0 Å². The molecule has 8 heteroatoms. The predicted octanol–water partition coefficient (Wildman–Crippen LogP) is 1.80. The summed E-state index contributed by atoms with van der Waals surface area (Å²) in [6.07, 6.45) is -9.49. The summed E-state index contributed by atoms with van der Waals surface area (Å²) in [7, 11) is 0. The second-order valence-electron chi connectivity index (χ2n) is 3.43. The highest BCUT2D eigenvalue weighted by Crippen LogP contribution is 2.32. The van der Waals surface area contributed by atoms with Gasteiger partial charge in [0, 0.05) is 12.1 Å². The molecule has 0 bridgehead atoms. The second kappa shape index (κ2) is 4.00. The van der Waals surface area contributed by atoms with Gasteiger partial charge >= 0.3 is 6.18 Å². The van der Waals surface area contributed by atoms with Crippen molar-refractivity contribution in [2.45, 2.75) is 31.0 Å². The largest absolute Gasteiger partial charge is 0.431 e. The van der Waals surface area contributed by atoms with E-state index in [9.17, 15) is 22.0 Å². The predicted molar refractivity (Wildman–Crippen MR) is 46.0 cm³/mol. The first kappa shape index (κ1) is 12.9. The van der Waals surface area contributed by atoms with E-state index in [4.69, 9.17) is 5.11 Å². The third kappa shape index (κ3) is 2.91. The Morgan fingerprint density at radius 1 is 1.44 bits per heavy atom. The average Bonchev–Trinajstić information content (AvgIpc) is 2.07. The molecule has 1 heterocycles. The number of alkyl halides is 5. The third-order valence-electron chi connectivity index (χ3n) is 2.00. The molecule has 1 aliphatic rings. The van der Waals surface area contributed by atoms with E-state index in [1.165, 1.54) is 0 Å². The molecular formula is C8H9F5N2O. The first-order valence-electron chi connectivity index (χ1n) is 4.26. The molecule has 1 unspecified atom stereocenters. The molecule has 1 atom stereocenters. The van der Waals surface area contributed by atoms with Crippen LogP contribution in [0.15, 0.2) is 17.4 Å². The summed E-state index contributed by atoms with van der Waals surface area (Å²) >= 11 is 0. The maximum Gasteiger partial charge on any atom is 0.431 e. The number of hydrogen-bond donors (Lipinski definition) is 2. The molecule has 0 radical (unpaired) electrons. The quantitative estimate of drug-likeness (QED) is 0.638. The normalized spacial score (nSPS) is 29.8. The number of nitrogens with one attached hydrogen (secondary N) is 1. The molecule has 0 fully saturated rings. The van der Waals surface area contributed by atoms with Gasteiger partial charge < -0.3 is 5.11 Å². The van der Waals surface area contributed by atoms with Crippen LogP contribution in [0.25, 0.3) is 0 Å². The standard InChI is InChI=1S/C8H9F5N2O/c1-4-3-7(9,10)6(16)2-5(15-14-4)8(11,12)13/h6,14,16H,1-3H2/b15-5+. The topological polar surface area (TPSA) is 44.6 Å². The minimum absolute atomic E-state index is 0.384. The van der Waals surface area contributed by atoms with E-state index in [0.717, 1.165) is 0 Å². The van der Waals surface area contributed by atoms with Crippen LogP contribution in [0.5, 0.6) is 0 Å². The first-order chi connectivity index (χ1) is 7.13. The molecule has 2 N–H and O–H groups in total. The fourth-order valence-corrected chi connectivity index (χ4v) is 1.15. The van der Waals surface area contributed by atoms with Gasteiger partial charge in [0.1, 0.15) is 11.8 Å². The van der Waals surface area contributed by atoms with Crippen LogP contribution in [0.4, 0.5) is 22.0 Å². The lowest BCUT2D eigenvalue weighted by Crippen LogP contribution is -2.42. The number of aliphatic hydroxyl groups excluding tert-OH is 1. The van der Waals surface area contributed by atoms with Crippen LogP contribution >= 0.6 is 0 Å². The Bertz CT molecular complexity index is 323. The highest BCUT2D eigenvalue weighted by molar-refractivity contribution is 5.90. The molecule has 1 aliphatic heterocycles. The fourth-order valence-electron chi connectivity index (χ4n) is 1.15. The maximum absolute atomic E-state index is 13.1. The highest BCUT2D eigenvalue weighted by atomic mass is 19.4. The average molecular weight is 244 g/mol. The van der Waals surface area contributed by atoms with Crippen molar-refractivity contribution in [1.82, 2.24) is 5.43 Å². The van der Waals surface area contributed by atoms with Crippen molar-refractivity contribution < 1.29 is 27.1 Å². The molecule has 0 saturated heterocycles. The summed E-state index contributed by atoms with van der Waals surface area (Å²) < 4.78 is 62.9. The van der Waals surface area contributed by atoms with Crippen LogP contribution < -0.4 is 5.43 Å². The summed E-state index contributed by atoms with van der Waals surface area (Å²) in [5.74, 6) is -3.66. The number of rotatable bonds is 0. The zero-order chi connectivity index (χ0) is 12.6. The number of nitrogens with zero attached hydrogens (tertiary/aromatic N) is 1. The summed E-state index contributed by atoms with van der Waals surface area (Å²) in [4.78, 5) is 0. The lowest BCUT2D eigenvalue weighted by atomic mass is 10.0. The zero-order valence-corrected chi connectivity index (χ0v) is 7.98. The third-order valence-corrected chi connectivity index (χ3v) is 2.00. The van der Waals surface area contributed by atoms with Gasteiger partial charge in [-0.15, -0.1) is 0 Å². The number of allylic oxidation sites excluding steroid dienone is 1. The zero-order valence-electron chi connectivity index (χ0n) is 7.98. The van der Waals surface area contributed by atoms with E-state index in [0.29, 0.717) is 0 Å². The van der Waals surface area contributed by atoms with Crippen molar-refractivity contribution in [3.05, 3.63) is 12.3 Å². The molecule has 0 spiro atoms. The minimum Gasteiger partial charge on any atom is -0.386 e. The summed E-state index contributed by atoms with van der Waals surface area (Å²) in [5, 5.41) is 11.9. The second-order valence-corrected chi connectivity index (χ2v) is 3.43. The Kier molecular flexibility index (Phi) is 3.22. The monoisotopic (exact) mass is 244 g/mol. The number of halogens is 5. The maximum atomic E-state index is 13.1. The van der Waals surface area contributed by atoms with Crippen molar-refractivity contribution in [3.8, 4) is 0 Å². The molecular weight excluding hydrogens is 235 g/mol. The molecule has 1 rings (SSSR count). The van der Waals surface area contributed by atoms with Gasteiger partial charge in [-0.25, -0.2) is 8.78 Å². The molecule has 0 aromatic heterocycles. The van der Waals surface area contributed by atoms with Crippen molar-refractivity contribution in [2.75, 3.05) is 0 Å². The Morgan fingerprint density at radius 2 is 2.00 bits per heavy atom. The molecule has 0 amide bonds. The van der Waals surface area contributed by atoms with Crippen LogP contribution in [0, 0.1) is 0 Å².